The van der Waals surface area contributed by atoms with Crippen LogP contribution in [-0.4, -0.2) is 45.2 Å². The molecule has 160 valence electrons. The molecule has 0 aliphatic carbocycles. The molecular weight excluding hydrogens is 404 g/mol. The first-order valence-corrected chi connectivity index (χ1v) is 11.7. The molecule has 30 heavy (non-hydrogen) atoms. The highest BCUT2D eigenvalue weighted by Gasteiger charge is 2.23. The number of rotatable bonds is 8. The number of nitrogens with one attached hydrogen (secondary N) is 2. The van der Waals surface area contributed by atoms with E-state index < -0.39 is 15.7 Å². The van der Waals surface area contributed by atoms with Gasteiger partial charge >= 0.3 is 0 Å². The number of benzene rings is 2. The first kappa shape index (κ1) is 22.0. The van der Waals surface area contributed by atoms with Gasteiger partial charge in [0.2, 0.25) is 0 Å². The van der Waals surface area contributed by atoms with E-state index >= 15 is 0 Å². The number of hydrogen-bond donors (Lipinski definition) is 2. The minimum Gasteiger partial charge on any atom is -0.376 e. The Hall–Kier alpha value is -2.71. The van der Waals surface area contributed by atoms with Crippen LogP contribution in [0.1, 0.15) is 46.9 Å². The van der Waals surface area contributed by atoms with Crippen molar-refractivity contribution in [2.24, 2.45) is 0 Å². The van der Waals surface area contributed by atoms with Crippen LogP contribution in [0.25, 0.3) is 0 Å². The Morgan fingerprint density at radius 3 is 2.43 bits per heavy atom. The Bertz CT molecular complexity index is 1010. The number of hydrogen-bond acceptors (Lipinski definition) is 5. The lowest BCUT2D eigenvalue weighted by Gasteiger charge is -2.15. The van der Waals surface area contributed by atoms with Crippen molar-refractivity contribution in [2.45, 2.75) is 37.2 Å². The van der Waals surface area contributed by atoms with Gasteiger partial charge in [-0.15, -0.1) is 0 Å². The molecule has 3 rings (SSSR count). The van der Waals surface area contributed by atoms with Crippen LogP contribution in [0.3, 0.4) is 0 Å². The fourth-order valence-corrected chi connectivity index (χ4v) is 4.93. The third kappa shape index (κ3) is 5.25. The number of anilines is 1. The maximum atomic E-state index is 12.9. The van der Waals surface area contributed by atoms with Crippen LogP contribution < -0.4 is 10.6 Å². The average Bonchev–Trinajstić information content (AvgIpc) is 3.26. The van der Waals surface area contributed by atoms with Crippen LogP contribution in [0.4, 0.5) is 5.69 Å². The summed E-state index contributed by atoms with van der Waals surface area (Å²) in [4.78, 5) is 25.5. The zero-order valence-electron chi connectivity index (χ0n) is 16.9. The number of carbonyl (C=O) groups excluding carboxylic acids is 2. The summed E-state index contributed by atoms with van der Waals surface area (Å²) in [5.41, 5.74) is 0.674. The van der Waals surface area contributed by atoms with E-state index in [4.69, 9.17) is 4.74 Å². The highest BCUT2D eigenvalue weighted by molar-refractivity contribution is 7.91. The van der Waals surface area contributed by atoms with E-state index in [1.165, 1.54) is 12.1 Å². The Morgan fingerprint density at radius 1 is 1.03 bits per heavy atom. The maximum absolute atomic E-state index is 12.9. The molecule has 1 heterocycles. The van der Waals surface area contributed by atoms with Crippen molar-refractivity contribution in [3.8, 4) is 0 Å². The molecule has 1 aliphatic heterocycles. The molecule has 2 aromatic carbocycles. The first-order valence-electron chi connectivity index (χ1n) is 10.0. The summed E-state index contributed by atoms with van der Waals surface area (Å²) in [5.74, 6) is -0.947. The van der Waals surface area contributed by atoms with Crippen molar-refractivity contribution in [3.63, 3.8) is 0 Å². The van der Waals surface area contributed by atoms with Crippen molar-refractivity contribution in [1.29, 1.82) is 0 Å². The molecule has 2 aromatic rings. The van der Waals surface area contributed by atoms with Gasteiger partial charge < -0.3 is 15.4 Å². The lowest BCUT2D eigenvalue weighted by atomic mass is 10.1. The van der Waals surface area contributed by atoms with Gasteiger partial charge in [-0.2, -0.15) is 0 Å². The number of amides is 2. The molecule has 0 aromatic heterocycles. The Morgan fingerprint density at radius 2 is 1.73 bits per heavy atom. The minimum atomic E-state index is -3.58. The third-order valence-electron chi connectivity index (χ3n) is 4.87. The summed E-state index contributed by atoms with van der Waals surface area (Å²) >= 11 is 0. The minimum absolute atomic E-state index is 0.00588. The van der Waals surface area contributed by atoms with Gasteiger partial charge in [0, 0.05) is 13.2 Å². The van der Waals surface area contributed by atoms with Gasteiger partial charge in [-0.25, -0.2) is 8.42 Å². The highest BCUT2D eigenvalue weighted by atomic mass is 32.2. The summed E-state index contributed by atoms with van der Waals surface area (Å²) in [6, 6.07) is 12.7. The molecule has 7 nitrogen and oxygen atoms in total. The summed E-state index contributed by atoms with van der Waals surface area (Å²) in [5, 5.41) is 5.53. The van der Waals surface area contributed by atoms with Crippen molar-refractivity contribution in [2.75, 3.05) is 24.2 Å². The van der Waals surface area contributed by atoms with Gasteiger partial charge in [-0.05, 0) is 43.5 Å². The zero-order chi connectivity index (χ0) is 21.6. The lowest BCUT2D eigenvalue weighted by Crippen LogP contribution is -2.32. The number of carbonyl (C=O) groups is 2. The molecule has 1 fully saturated rings. The Labute approximate surface area is 176 Å². The molecule has 1 aliphatic rings. The van der Waals surface area contributed by atoms with Gasteiger partial charge in [0.1, 0.15) is 0 Å². The van der Waals surface area contributed by atoms with Gasteiger partial charge in [-0.1, -0.05) is 31.2 Å². The molecule has 0 unspecified atom stereocenters. The van der Waals surface area contributed by atoms with Crippen LogP contribution in [-0.2, 0) is 14.6 Å². The summed E-state index contributed by atoms with van der Waals surface area (Å²) in [6.45, 7) is 2.87. The summed E-state index contributed by atoms with van der Waals surface area (Å²) < 4.78 is 30.6. The molecular formula is C22H26N2O5S. The van der Waals surface area contributed by atoms with E-state index in [-0.39, 0.29) is 28.2 Å². The maximum Gasteiger partial charge on any atom is 0.257 e. The molecule has 2 amide bonds. The van der Waals surface area contributed by atoms with E-state index in [1.54, 1.807) is 43.3 Å². The van der Waals surface area contributed by atoms with E-state index in [1.807, 2.05) is 0 Å². The Kier molecular flexibility index (Phi) is 7.23. The van der Waals surface area contributed by atoms with Crippen molar-refractivity contribution in [3.05, 3.63) is 59.7 Å². The fraction of sp³-hybridized carbons (Fsp3) is 0.364. The summed E-state index contributed by atoms with van der Waals surface area (Å²) in [6.07, 6.45) is 2.34. The van der Waals surface area contributed by atoms with Crippen molar-refractivity contribution in [1.82, 2.24) is 5.32 Å². The quantitative estimate of drug-likeness (QED) is 0.670. The van der Waals surface area contributed by atoms with Crippen LogP contribution in [0.2, 0.25) is 0 Å². The second-order valence-electron chi connectivity index (χ2n) is 7.16. The second-order valence-corrected chi connectivity index (χ2v) is 9.24. The van der Waals surface area contributed by atoms with Crippen LogP contribution >= 0.6 is 0 Å². The second kappa shape index (κ2) is 9.86. The lowest BCUT2D eigenvalue weighted by molar-refractivity contribution is 0.0858. The van der Waals surface area contributed by atoms with E-state index in [9.17, 15) is 18.0 Å². The SMILES string of the molecule is CCCS(=O)(=O)c1ccccc1C(=O)Nc1ccccc1C(=O)NC[C@@H]1CCCO1. The molecule has 0 saturated carbocycles. The number of para-hydroxylation sites is 1. The highest BCUT2D eigenvalue weighted by Crippen LogP contribution is 2.21. The largest absolute Gasteiger partial charge is 0.376 e. The van der Waals surface area contributed by atoms with Gasteiger partial charge in [0.15, 0.2) is 9.84 Å². The molecule has 8 heteroatoms. The van der Waals surface area contributed by atoms with Gasteiger partial charge in [0.25, 0.3) is 11.8 Å². The molecule has 0 spiro atoms. The van der Waals surface area contributed by atoms with Gasteiger partial charge in [-0.3, -0.25) is 9.59 Å². The normalized spacial score (nSPS) is 16.2. The first-order chi connectivity index (χ1) is 14.4. The van der Waals surface area contributed by atoms with E-state index in [0.29, 0.717) is 30.8 Å². The summed E-state index contributed by atoms with van der Waals surface area (Å²) in [7, 11) is -3.58. The molecule has 0 radical (unpaired) electrons. The monoisotopic (exact) mass is 430 g/mol. The average molecular weight is 431 g/mol. The molecule has 2 N–H and O–H groups in total. The van der Waals surface area contributed by atoms with Crippen molar-refractivity contribution < 1.29 is 22.7 Å². The van der Waals surface area contributed by atoms with Crippen LogP contribution in [0.5, 0.6) is 0 Å². The smallest absolute Gasteiger partial charge is 0.257 e. The van der Waals surface area contributed by atoms with Crippen LogP contribution in [0.15, 0.2) is 53.4 Å². The standard InChI is InChI=1S/C22H26N2O5S/c1-2-14-30(27,28)20-12-6-4-10-18(20)22(26)24-19-11-5-3-9-17(19)21(25)23-15-16-8-7-13-29-16/h3-6,9-12,16H,2,7-8,13-15H2,1H3,(H,23,25)(H,24,26)/t16-/m0/s1. The predicted molar refractivity (Wildman–Crippen MR) is 114 cm³/mol. The number of sulfone groups is 1. The predicted octanol–water partition coefficient (Wildman–Crippen LogP) is 3.03. The molecule has 0 bridgehead atoms. The fourth-order valence-electron chi connectivity index (χ4n) is 3.39. The van der Waals surface area contributed by atoms with E-state index in [2.05, 4.69) is 10.6 Å². The zero-order valence-corrected chi connectivity index (χ0v) is 17.7. The molecule has 1 atom stereocenters. The Balaban J connectivity index is 1.79. The molecule has 1 saturated heterocycles. The van der Waals surface area contributed by atoms with Crippen molar-refractivity contribution >= 4 is 27.3 Å². The van der Waals surface area contributed by atoms with Gasteiger partial charge in [0.05, 0.1) is 33.6 Å². The topological polar surface area (TPSA) is 102 Å². The van der Waals surface area contributed by atoms with Crippen LogP contribution in [0, 0.1) is 0 Å². The number of ether oxygens (including phenoxy) is 1. The van der Waals surface area contributed by atoms with E-state index in [0.717, 1.165) is 12.8 Å². The third-order valence-corrected chi connectivity index (χ3v) is 6.85.